The van der Waals surface area contributed by atoms with E-state index in [0.717, 1.165) is 11.1 Å². The Hall–Kier alpha value is -1.97. The summed E-state index contributed by atoms with van der Waals surface area (Å²) in [6.07, 6.45) is 1.33. The number of carbonyl (C=O) groups is 1. The average molecular weight is 201 g/mol. The maximum Gasteiger partial charge on any atom is 0.229 e. The van der Waals surface area contributed by atoms with Crippen LogP contribution in [0.4, 0.5) is 0 Å². The van der Waals surface area contributed by atoms with E-state index in [4.69, 9.17) is 0 Å². The third-order valence-corrected chi connectivity index (χ3v) is 2.11. The highest BCUT2D eigenvalue weighted by Crippen LogP contribution is 2.11. The number of hydrogen-bond donors (Lipinski definition) is 1. The monoisotopic (exact) mass is 201 g/mol. The molecule has 4 nitrogen and oxygen atoms in total. The number of hydrogen-bond acceptors (Lipinski definition) is 3. The molecule has 0 radical (unpaired) electrons. The predicted molar refractivity (Wildman–Crippen MR) is 55.7 cm³/mol. The van der Waals surface area contributed by atoms with Gasteiger partial charge in [-0.25, -0.2) is 4.98 Å². The van der Waals surface area contributed by atoms with Crippen molar-refractivity contribution in [1.29, 1.82) is 0 Å². The first-order valence-electron chi connectivity index (χ1n) is 4.65. The first-order valence-corrected chi connectivity index (χ1v) is 4.65. The second-order valence-corrected chi connectivity index (χ2v) is 3.54. The van der Waals surface area contributed by atoms with Crippen LogP contribution in [0.25, 0.3) is 0 Å². The average Bonchev–Trinajstić information content (AvgIpc) is 2.67. The number of aryl methyl sites for hydroxylation is 2. The number of ketones is 1. The number of H-pyrrole nitrogens is 1. The Balaban J connectivity index is 2.42. The van der Waals surface area contributed by atoms with Gasteiger partial charge in [-0.05, 0) is 26.0 Å². The summed E-state index contributed by atoms with van der Waals surface area (Å²) in [5.41, 5.74) is 2.78. The second-order valence-electron chi connectivity index (χ2n) is 3.54. The summed E-state index contributed by atoms with van der Waals surface area (Å²) in [5.74, 6) is 0.152. The summed E-state index contributed by atoms with van der Waals surface area (Å²) >= 11 is 0. The van der Waals surface area contributed by atoms with E-state index in [2.05, 4.69) is 15.2 Å². The highest BCUT2D eigenvalue weighted by molar-refractivity contribution is 6.06. The number of nitrogens with one attached hydrogen (secondary N) is 1. The van der Waals surface area contributed by atoms with Crippen molar-refractivity contribution < 1.29 is 4.79 Å². The zero-order valence-corrected chi connectivity index (χ0v) is 8.61. The molecule has 0 fully saturated rings. The van der Waals surface area contributed by atoms with E-state index >= 15 is 0 Å². The Bertz CT molecular complexity index is 468. The van der Waals surface area contributed by atoms with Crippen LogP contribution in [-0.2, 0) is 0 Å². The van der Waals surface area contributed by atoms with E-state index in [0.29, 0.717) is 5.56 Å². The number of aromatic amines is 1. The van der Waals surface area contributed by atoms with E-state index in [1.165, 1.54) is 6.33 Å². The lowest BCUT2D eigenvalue weighted by Gasteiger charge is -2.01. The molecule has 0 saturated carbocycles. The smallest absolute Gasteiger partial charge is 0.229 e. The summed E-state index contributed by atoms with van der Waals surface area (Å²) in [7, 11) is 0. The van der Waals surface area contributed by atoms with Crippen molar-refractivity contribution in [2.24, 2.45) is 0 Å². The third kappa shape index (κ3) is 1.93. The van der Waals surface area contributed by atoms with Crippen LogP contribution in [-0.4, -0.2) is 21.0 Å². The Morgan fingerprint density at radius 3 is 2.40 bits per heavy atom. The summed E-state index contributed by atoms with van der Waals surface area (Å²) < 4.78 is 0. The Kier molecular flexibility index (Phi) is 2.33. The largest absolute Gasteiger partial charge is 0.285 e. The Labute approximate surface area is 87.4 Å². The van der Waals surface area contributed by atoms with Gasteiger partial charge in [0.15, 0.2) is 5.82 Å². The zero-order chi connectivity index (χ0) is 10.8. The van der Waals surface area contributed by atoms with Crippen molar-refractivity contribution in [3.8, 4) is 0 Å². The summed E-state index contributed by atoms with van der Waals surface area (Å²) in [5, 5.41) is 6.22. The highest BCUT2D eigenvalue weighted by atomic mass is 16.1. The van der Waals surface area contributed by atoms with Gasteiger partial charge in [-0.1, -0.05) is 17.2 Å². The van der Waals surface area contributed by atoms with Crippen molar-refractivity contribution in [3.63, 3.8) is 0 Å². The molecule has 0 bridgehead atoms. The Morgan fingerprint density at radius 2 is 1.87 bits per heavy atom. The summed E-state index contributed by atoms with van der Waals surface area (Å²) in [6.45, 7) is 3.92. The van der Waals surface area contributed by atoms with Crippen molar-refractivity contribution in [2.45, 2.75) is 13.8 Å². The fraction of sp³-hybridized carbons (Fsp3) is 0.182. The van der Waals surface area contributed by atoms with Gasteiger partial charge in [0.05, 0.1) is 0 Å². The molecule has 2 rings (SSSR count). The number of aromatic nitrogens is 3. The molecule has 0 unspecified atom stereocenters. The molecule has 2 aromatic rings. The number of nitrogens with zero attached hydrogens (tertiary/aromatic N) is 2. The maximum atomic E-state index is 11.9. The van der Waals surface area contributed by atoms with E-state index in [-0.39, 0.29) is 11.6 Å². The molecule has 0 atom stereocenters. The van der Waals surface area contributed by atoms with Crippen LogP contribution in [0, 0.1) is 13.8 Å². The molecular weight excluding hydrogens is 190 g/mol. The molecule has 0 aliphatic carbocycles. The number of benzene rings is 1. The highest BCUT2D eigenvalue weighted by Gasteiger charge is 2.12. The van der Waals surface area contributed by atoms with Crippen LogP contribution >= 0.6 is 0 Å². The maximum absolute atomic E-state index is 11.9. The molecule has 76 valence electrons. The molecule has 15 heavy (non-hydrogen) atoms. The van der Waals surface area contributed by atoms with Crippen molar-refractivity contribution in [1.82, 2.24) is 15.2 Å². The van der Waals surface area contributed by atoms with Crippen molar-refractivity contribution in [3.05, 3.63) is 47.0 Å². The molecular formula is C11H11N3O. The molecule has 1 aromatic heterocycles. The summed E-state index contributed by atoms with van der Waals surface area (Å²) in [6, 6.07) is 5.72. The minimum absolute atomic E-state index is 0.126. The molecule has 1 heterocycles. The van der Waals surface area contributed by atoms with Gasteiger partial charge in [-0.15, -0.1) is 0 Å². The van der Waals surface area contributed by atoms with Crippen LogP contribution in [0.2, 0.25) is 0 Å². The molecule has 0 saturated heterocycles. The predicted octanol–water partition coefficient (Wildman–Crippen LogP) is 1.65. The van der Waals surface area contributed by atoms with Crippen LogP contribution < -0.4 is 0 Å². The van der Waals surface area contributed by atoms with Gasteiger partial charge in [0, 0.05) is 5.56 Å². The first kappa shape index (κ1) is 9.58. The van der Waals surface area contributed by atoms with Crippen LogP contribution in [0.3, 0.4) is 0 Å². The van der Waals surface area contributed by atoms with Crippen molar-refractivity contribution in [2.75, 3.05) is 0 Å². The summed E-state index contributed by atoms with van der Waals surface area (Å²) in [4.78, 5) is 15.7. The zero-order valence-electron chi connectivity index (χ0n) is 8.61. The van der Waals surface area contributed by atoms with Crippen LogP contribution in [0.5, 0.6) is 0 Å². The lowest BCUT2D eigenvalue weighted by Crippen LogP contribution is -2.04. The van der Waals surface area contributed by atoms with Gasteiger partial charge in [0.25, 0.3) is 0 Å². The normalized spacial score (nSPS) is 10.3. The minimum atomic E-state index is -0.126. The topological polar surface area (TPSA) is 58.6 Å². The number of rotatable bonds is 2. The molecule has 0 amide bonds. The minimum Gasteiger partial charge on any atom is -0.285 e. The van der Waals surface area contributed by atoms with E-state index in [1.54, 1.807) is 0 Å². The number of carbonyl (C=O) groups excluding carboxylic acids is 1. The van der Waals surface area contributed by atoms with Crippen molar-refractivity contribution >= 4 is 5.78 Å². The van der Waals surface area contributed by atoms with E-state index in [9.17, 15) is 4.79 Å². The van der Waals surface area contributed by atoms with Gasteiger partial charge in [-0.3, -0.25) is 9.89 Å². The van der Waals surface area contributed by atoms with Gasteiger partial charge in [0.2, 0.25) is 5.78 Å². The molecule has 1 N–H and O–H groups in total. The lowest BCUT2D eigenvalue weighted by molar-refractivity contribution is 0.102. The van der Waals surface area contributed by atoms with E-state index in [1.807, 2.05) is 32.0 Å². The SMILES string of the molecule is Cc1cc(C)cc(C(=O)c2ncn[nH]2)c1. The lowest BCUT2D eigenvalue weighted by atomic mass is 10.0. The van der Waals surface area contributed by atoms with E-state index < -0.39 is 0 Å². The van der Waals surface area contributed by atoms with Gasteiger partial charge in [-0.2, -0.15) is 5.10 Å². The molecule has 4 heteroatoms. The van der Waals surface area contributed by atoms with Gasteiger partial charge in [0.1, 0.15) is 6.33 Å². The van der Waals surface area contributed by atoms with Crippen LogP contribution in [0.15, 0.2) is 24.5 Å². The van der Waals surface area contributed by atoms with Gasteiger partial charge < -0.3 is 0 Å². The quantitative estimate of drug-likeness (QED) is 0.751. The molecule has 0 spiro atoms. The van der Waals surface area contributed by atoms with Crippen LogP contribution in [0.1, 0.15) is 27.3 Å². The molecule has 0 aliphatic heterocycles. The third-order valence-electron chi connectivity index (χ3n) is 2.11. The standard InChI is InChI=1S/C11H11N3O/c1-7-3-8(2)5-9(4-7)10(15)11-12-6-13-14-11/h3-6H,1-2H3,(H,12,13,14). The molecule has 0 aliphatic rings. The Morgan fingerprint density at radius 1 is 1.20 bits per heavy atom. The van der Waals surface area contributed by atoms with Gasteiger partial charge >= 0.3 is 0 Å². The molecule has 1 aromatic carbocycles. The first-order chi connectivity index (χ1) is 7.16. The second kappa shape index (κ2) is 3.65. The fourth-order valence-electron chi connectivity index (χ4n) is 1.56. The fourth-order valence-corrected chi connectivity index (χ4v) is 1.56.